The van der Waals surface area contributed by atoms with E-state index in [0.717, 1.165) is 49.6 Å². The minimum atomic E-state index is 0.831. The topological polar surface area (TPSA) is 21.3 Å². The van der Waals surface area contributed by atoms with Crippen LogP contribution >= 0.6 is 0 Å². The van der Waals surface area contributed by atoms with E-state index in [2.05, 4.69) is 23.5 Å². The minimum absolute atomic E-state index is 0.831. The van der Waals surface area contributed by atoms with Crippen molar-refractivity contribution in [2.24, 2.45) is 11.8 Å². The standard InChI is InChI=1S/C17H23NO/c1-6-16-15(8-10-19-16)11-12(1)7-9-18-17(13-2-3-13)14-4-5-14/h1,6,11,13-14,17-18H,2-5,7-10H2. The first-order chi connectivity index (χ1) is 9.40. The molecule has 0 bridgehead atoms. The average molecular weight is 257 g/mol. The van der Waals surface area contributed by atoms with Crippen molar-refractivity contribution in [2.75, 3.05) is 13.2 Å². The van der Waals surface area contributed by atoms with Crippen LogP contribution in [0.5, 0.6) is 5.75 Å². The Morgan fingerprint density at radius 1 is 1.16 bits per heavy atom. The van der Waals surface area contributed by atoms with Gasteiger partial charge in [-0.1, -0.05) is 12.1 Å². The summed E-state index contributed by atoms with van der Waals surface area (Å²) in [5.74, 6) is 3.10. The van der Waals surface area contributed by atoms with Crippen LogP contribution in [0.4, 0.5) is 0 Å². The summed E-state index contributed by atoms with van der Waals surface area (Å²) in [4.78, 5) is 0. The largest absolute Gasteiger partial charge is 0.493 e. The third-order valence-electron chi connectivity index (χ3n) is 4.81. The second-order valence-electron chi connectivity index (χ2n) is 6.45. The maximum atomic E-state index is 5.56. The highest BCUT2D eigenvalue weighted by atomic mass is 16.5. The molecule has 0 atom stereocenters. The summed E-state index contributed by atoms with van der Waals surface area (Å²) in [5, 5.41) is 3.83. The molecule has 2 heteroatoms. The van der Waals surface area contributed by atoms with Crippen LogP contribution in [-0.2, 0) is 12.8 Å². The summed E-state index contributed by atoms with van der Waals surface area (Å²) < 4.78 is 5.56. The van der Waals surface area contributed by atoms with Crippen molar-refractivity contribution in [1.82, 2.24) is 5.32 Å². The Hall–Kier alpha value is -1.02. The normalized spacial score (nSPS) is 21.5. The highest BCUT2D eigenvalue weighted by molar-refractivity contribution is 5.39. The lowest BCUT2D eigenvalue weighted by molar-refractivity contribution is 0.357. The number of hydrogen-bond acceptors (Lipinski definition) is 2. The first-order valence-electron chi connectivity index (χ1n) is 7.88. The van der Waals surface area contributed by atoms with Gasteiger partial charge in [-0.25, -0.2) is 0 Å². The van der Waals surface area contributed by atoms with Crippen LogP contribution in [0.2, 0.25) is 0 Å². The molecule has 1 aromatic rings. The van der Waals surface area contributed by atoms with Crippen molar-refractivity contribution in [3.05, 3.63) is 29.3 Å². The van der Waals surface area contributed by atoms with E-state index in [0.29, 0.717) is 0 Å². The molecule has 0 aromatic heterocycles. The molecule has 2 aliphatic carbocycles. The summed E-state index contributed by atoms with van der Waals surface area (Å²) >= 11 is 0. The van der Waals surface area contributed by atoms with Crippen LogP contribution in [0.25, 0.3) is 0 Å². The van der Waals surface area contributed by atoms with Crippen LogP contribution in [0.15, 0.2) is 18.2 Å². The predicted octanol–water partition coefficient (Wildman–Crippen LogP) is 2.94. The van der Waals surface area contributed by atoms with E-state index in [1.54, 1.807) is 0 Å². The molecule has 2 nitrogen and oxygen atoms in total. The van der Waals surface area contributed by atoms with Gasteiger partial charge in [-0.05, 0) is 67.7 Å². The highest BCUT2D eigenvalue weighted by Gasteiger charge is 2.40. The predicted molar refractivity (Wildman–Crippen MR) is 76.6 cm³/mol. The molecule has 0 spiro atoms. The zero-order chi connectivity index (χ0) is 12.7. The molecule has 0 saturated heterocycles. The third-order valence-corrected chi connectivity index (χ3v) is 4.81. The second-order valence-corrected chi connectivity index (χ2v) is 6.45. The van der Waals surface area contributed by atoms with Gasteiger partial charge < -0.3 is 10.1 Å². The zero-order valence-electron chi connectivity index (χ0n) is 11.5. The molecule has 1 heterocycles. The third kappa shape index (κ3) is 2.64. The number of rotatable bonds is 6. The van der Waals surface area contributed by atoms with Gasteiger partial charge in [-0.3, -0.25) is 0 Å². The Morgan fingerprint density at radius 3 is 2.68 bits per heavy atom. The van der Waals surface area contributed by atoms with E-state index >= 15 is 0 Å². The smallest absolute Gasteiger partial charge is 0.122 e. The van der Waals surface area contributed by atoms with Crippen LogP contribution < -0.4 is 10.1 Å². The van der Waals surface area contributed by atoms with Crippen LogP contribution in [0, 0.1) is 11.8 Å². The first-order valence-corrected chi connectivity index (χ1v) is 7.88. The molecule has 1 N–H and O–H groups in total. The lowest BCUT2D eigenvalue weighted by atomic mass is 10.0. The molecular weight excluding hydrogens is 234 g/mol. The molecule has 4 rings (SSSR count). The summed E-state index contributed by atoms with van der Waals surface area (Å²) in [5.41, 5.74) is 2.86. The maximum absolute atomic E-state index is 5.56. The quantitative estimate of drug-likeness (QED) is 0.846. The van der Waals surface area contributed by atoms with Gasteiger partial charge >= 0.3 is 0 Å². The van der Waals surface area contributed by atoms with Gasteiger partial charge in [0.1, 0.15) is 5.75 Å². The van der Waals surface area contributed by atoms with Gasteiger partial charge in [0.25, 0.3) is 0 Å². The van der Waals surface area contributed by atoms with Crippen molar-refractivity contribution in [3.8, 4) is 5.75 Å². The fourth-order valence-corrected chi connectivity index (χ4v) is 3.41. The molecule has 102 valence electrons. The number of fused-ring (bicyclic) bond motifs is 1. The maximum Gasteiger partial charge on any atom is 0.122 e. The Morgan fingerprint density at radius 2 is 1.95 bits per heavy atom. The van der Waals surface area contributed by atoms with Crippen LogP contribution in [0.3, 0.4) is 0 Å². The fraction of sp³-hybridized carbons (Fsp3) is 0.647. The SMILES string of the molecule is c1cc2c(cc1CCNC(C1CC1)C1CC1)CCO2. The number of hydrogen-bond donors (Lipinski definition) is 1. The van der Waals surface area contributed by atoms with Gasteiger partial charge in [0, 0.05) is 12.5 Å². The van der Waals surface area contributed by atoms with Gasteiger partial charge in [-0.15, -0.1) is 0 Å². The molecule has 0 unspecified atom stereocenters. The Kier molecular flexibility index (Phi) is 2.99. The van der Waals surface area contributed by atoms with E-state index in [-0.39, 0.29) is 0 Å². The van der Waals surface area contributed by atoms with Gasteiger partial charge in [0.15, 0.2) is 0 Å². The summed E-state index contributed by atoms with van der Waals surface area (Å²) in [6.07, 6.45) is 8.09. The Bertz CT molecular complexity index is 450. The van der Waals surface area contributed by atoms with Crippen molar-refractivity contribution >= 4 is 0 Å². The first kappa shape index (κ1) is 11.8. The van der Waals surface area contributed by atoms with Crippen LogP contribution in [-0.4, -0.2) is 19.2 Å². The number of ether oxygens (including phenoxy) is 1. The van der Waals surface area contributed by atoms with E-state index in [4.69, 9.17) is 4.74 Å². The van der Waals surface area contributed by atoms with Crippen molar-refractivity contribution in [3.63, 3.8) is 0 Å². The fourth-order valence-electron chi connectivity index (χ4n) is 3.41. The molecule has 1 aliphatic heterocycles. The van der Waals surface area contributed by atoms with E-state index in [1.165, 1.54) is 36.8 Å². The number of benzene rings is 1. The lowest BCUT2D eigenvalue weighted by Crippen LogP contribution is -2.34. The monoisotopic (exact) mass is 257 g/mol. The van der Waals surface area contributed by atoms with Crippen LogP contribution in [0.1, 0.15) is 36.8 Å². The summed E-state index contributed by atoms with van der Waals surface area (Å²) in [7, 11) is 0. The molecule has 2 fully saturated rings. The molecule has 0 radical (unpaired) electrons. The Labute approximate surface area is 115 Å². The zero-order valence-corrected chi connectivity index (χ0v) is 11.5. The van der Waals surface area contributed by atoms with Crippen molar-refractivity contribution < 1.29 is 4.74 Å². The minimum Gasteiger partial charge on any atom is -0.493 e. The van der Waals surface area contributed by atoms with E-state index < -0.39 is 0 Å². The molecule has 19 heavy (non-hydrogen) atoms. The van der Waals surface area contributed by atoms with Crippen molar-refractivity contribution in [2.45, 2.75) is 44.6 Å². The summed E-state index contributed by atoms with van der Waals surface area (Å²) in [6, 6.07) is 7.55. The molecule has 2 saturated carbocycles. The number of nitrogens with one attached hydrogen (secondary N) is 1. The summed E-state index contributed by atoms with van der Waals surface area (Å²) in [6.45, 7) is 2.00. The molecular formula is C17H23NO. The molecule has 3 aliphatic rings. The lowest BCUT2D eigenvalue weighted by Gasteiger charge is -2.17. The molecule has 1 aromatic carbocycles. The van der Waals surface area contributed by atoms with E-state index in [9.17, 15) is 0 Å². The average Bonchev–Trinajstić information content (AvgIpc) is 3.33. The highest BCUT2D eigenvalue weighted by Crippen LogP contribution is 2.44. The van der Waals surface area contributed by atoms with Gasteiger partial charge in [0.05, 0.1) is 6.61 Å². The van der Waals surface area contributed by atoms with E-state index in [1.807, 2.05) is 0 Å². The molecule has 0 amide bonds. The van der Waals surface area contributed by atoms with Gasteiger partial charge in [0.2, 0.25) is 0 Å². The van der Waals surface area contributed by atoms with Gasteiger partial charge in [-0.2, -0.15) is 0 Å². The Balaban J connectivity index is 1.32. The van der Waals surface area contributed by atoms with Crippen molar-refractivity contribution in [1.29, 1.82) is 0 Å². The second kappa shape index (κ2) is 4.82.